The Morgan fingerprint density at radius 2 is 1.70 bits per heavy atom. The molecule has 1 aromatic heterocycles. The second-order valence-corrected chi connectivity index (χ2v) is 12.1. The van der Waals surface area contributed by atoms with E-state index in [0.29, 0.717) is 38.2 Å². The van der Waals surface area contributed by atoms with E-state index in [1.165, 1.54) is 50.7 Å². The summed E-state index contributed by atoms with van der Waals surface area (Å²) in [6, 6.07) is 11.6. The van der Waals surface area contributed by atoms with Gasteiger partial charge in [-0.25, -0.2) is 9.78 Å². The third-order valence-corrected chi connectivity index (χ3v) is 9.46. The summed E-state index contributed by atoms with van der Waals surface area (Å²) in [4.78, 5) is 32.9. The number of aromatic amines is 1. The van der Waals surface area contributed by atoms with Gasteiger partial charge < -0.3 is 15.4 Å². The molecular weight excluding hydrogens is 509 g/mol. The number of rotatable bonds is 7. The number of nitrogens with zero attached hydrogens (tertiary/aromatic N) is 1. The van der Waals surface area contributed by atoms with E-state index >= 15 is 0 Å². The van der Waals surface area contributed by atoms with Crippen molar-refractivity contribution in [3.8, 4) is 11.4 Å². The van der Waals surface area contributed by atoms with Crippen LogP contribution in [0.4, 0.5) is 5.69 Å². The molecule has 4 aliphatic carbocycles. The second-order valence-electron chi connectivity index (χ2n) is 11.3. The number of hydrogen-bond acceptors (Lipinski definition) is 3. The van der Waals surface area contributed by atoms with Gasteiger partial charge in [0.05, 0.1) is 15.6 Å². The molecule has 2 aromatic carbocycles. The lowest BCUT2D eigenvalue weighted by Gasteiger charge is -2.57. The molecule has 0 radical (unpaired) electrons. The number of benzene rings is 2. The number of hydrogen-bond donors (Lipinski definition) is 3. The standard InChI is InChI=1S/C29H29Cl2N3O3/c30-22-6-2-5-21(24(22)31)26-33-23(7-8-29-13-16-9-17(14-29)11-18(10-16)15-29)25(34-26)27(35)32-20-4-1-3-19(12-20)28(36)37/h1-6,12,16-18H,7-11,13-15H2,(H,32,35)(H,33,34)(H,36,37). The Morgan fingerprint density at radius 1 is 1.03 bits per heavy atom. The van der Waals surface area contributed by atoms with Crippen LogP contribution in [-0.2, 0) is 6.42 Å². The Balaban J connectivity index is 1.30. The first-order valence-corrected chi connectivity index (χ1v) is 13.7. The van der Waals surface area contributed by atoms with E-state index in [9.17, 15) is 14.7 Å². The van der Waals surface area contributed by atoms with Crippen LogP contribution in [-0.4, -0.2) is 27.0 Å². The Kier molecular flexibility index (Phi) is 6.28. The molecule has 3 aromatic rings. The molecule has 7 rings (SSSR count). The van der Waals surface area contributed by atoms with Crippen molar-refractivity contribution in [3.63, 3.8) is 0 Å². The quantitative estimate of drug-likeness (QED) is 0.291. The van der Waals surface area contributed by atoms with Crippen LogP contribution in [0.15, 0.2) is 42.5 Å². The number of nitrogens with one attached hydrogen (secondary N) is 2. The molecule has 4 fully saturated rings. The highest BCUT2D eigenvalue weighted by Gasteiger charge is 2.50. The summed E-state index contributed by atoms with van der Waals surface area (Å²) in [6.07, 6.45) is 9.81. The van der Waals surface area contributed by atoms with Gasteiger partial charge in [0.2, 0.25) is 0 Å². The highest BCUT2D eigenvalue weighted by molar-refractivity contribution is 6.43. The van der Waals surface area contributed by atoms with Gasteiger partial charge in [-0.1, -0.05) is 35.3 Å². The predicted molar refractivity (Wildman–Crippen MR) is 144 cm³/mol. The first-order chi connectivity index (χ1) is 17.8. The molecule has 4 saturated carbocycles. The fourth-order valence-electron chi connectivity index (χ4n) is 7.50. The zero-order valence-electron chi connectivity index (χ0n) is 20.4. The maximum absolute atomic E-state index is 13.4. The molecule has 4 aliphatic rings. The molecule has 3 N–H and O–H groups in total. The van der Waals surface area contributed by atoms with Crippen LogP contribution in [0, 0.1) is 23.2 Å². The number of H-pyrrole nitrogens is 1. The van der Waals surface area contributed by atoms with Crippen molar-refractivity contribution in [1.82, 2.24) is 9.97 Å². The summed E-state index contributed by atoms with van der Waals surface area (Å²) in [6.45, 7) is 0. The highest BCUT2D eigenvalue weighted by atomic mass is 35.5. The number of carboxylic acids is 1. The smallest absolute Gasteiger partial charge is 0.335 e. The number of halogens is 2. The lowest BCUT2D eigenvalue weighted by molar-refractivity contribution is -0.0570. The fraction of sp³-hybridized carbons (Fsp3) is 0.414. The SMILES string of the molecule is O=C(O)c1cccc(NC(=O)c2nc(-c3cccc(Cl)c3Cl)[nH]c2CCC23CC4CC(CC(C4)C2)C3)c1. The van der Waals surface area contributed by atoms with Gasteiger partial charge >= 0.3 is 5.97 Å². The van der Waals surface area contributed by atoms with E-state index in [2.05, 4.69) is 15.3 Å². The third kappa shape index (κ3) is 4.77. The first kappa shape index (κ1) is 24.5. The van der Waals surface area contributed by atoms with Gasteiger partial charge in [-0.2, -0.15) is 0 Å². The van der Waals surface area contributed by atoms with Gasteiger partial charge in [-0.05, 0) is 105 Å². The highest BCUT2D eigenvalue weighted by Crippen LogP contribution is 2.61. The predicted octanol–water partition coefficient (Wildman–Crippen LogP) is 7.48. The molecule has 1 heterocycles. The van der Waals surface area contributed by atoms with E-state index < -0.39 is 5.97 Å². The molecule has 8 heteroatoms. The minimum absolute atomic E-state index is 0.105. The maximum atomic E-state index is 13.4. The zero-order chi connectivity index (χ0) is 25.7. The number of carbonyl (C=O) groups excluding carboxylic acids is 1. The molecular formula is C29H29Cl2N3O3. The van der Waals surface area contributed by atoms with Crippen LogP contribution < -0.4 is 5.32 Å². The fourth-order valence-corrected chi connectivity index (χ4v) is 7.89. The number of carbonyl (C=O) groups is 2. The number of imidazole rings is 1. The van der Waals surface area contributed by atoms with Crippen molar-refractivity contribution < 1.29 is 14.7 Å². The first-order valence-electron chi connectivity index (χ1n) is 13.0. The number of aromatic carboxylic acids is 1. The summed E-state index contributed by atoms with van der Waals surface area (Å²) < 4.78 is 0. The summed E-state index contributed by atoms with van der Waals surface area (Å²) in [5.41, 5.74) is 2.58. The van der Waals surface area contributed by atoms with Crippen LogP contribution >= 0.6 is 23.2 Å². The third-order valence-electron chi connectivity index (χ3n) is 8.64. The number of amides is 1. The Morgan fingerprint density at radius 3 is 2.38 bits per heavy atom. The van der Waals surface area contributed by atoms with Crippen molar-refractivity contribution in [2.45, 2.75) is 51.4 Å². The topological polar surface area (TPSA) is 95.1 Å². The van der Waals surface area contributed by atoms with E-state index in [-0.39, 0.29) is 11.5 Å². The van der Waals surface area contributed by atoms with Crippen molar-refractivity contribution in [2.75, 3.05) is 5.32 Å². The molecule has 6 nitrogen and oxygen atoms in total. The molecule has 0 saturated heterocycles. The normalized spacial score (nSPS) is 25.8. The summed E-state index contributed by atoms with van der Waals surface area (Å²) in [5, 5.41) is 12.9. The molecule has 1 amide bonds. The average molecular weight is 538 g/mol. The van der Waals surface area contributed by atoms with Crippen molar-refractivity contribution in [1.29, 1.82) is 0 Å². The van der Waals surface area contributed by atoms with Gasteiger partial charge in [0, 0.05) is 16.9 Å². The largest absolute Gasteiger partial charge is 0.478 e. The summed E-state index contributed by atoms with van der Waals surface area (Å²) >= 11 is 12.7. The van der Waals surface area contributed by atoms with Crippen LogP contribution in [0.25, 0.3) is 11.4 Å². The Bertz CT molecular complexity index is 1350. The van der Waals surface area contributed by atoms with Crippen molar-refractivity contribution >= 4 is 40.8 Å². The Labute approximate surface area is 225 Å². The van der Waals surface area contributed by atoms with E-state index in [1.54, 1.807) is 24.3 Å². The monoisotopic (exact) mass is 537 g/mol. The van der Waals surface area contributed by atoms with Crippen LogP contribution in [0.5, 0.6) is 0 Å². The number of anilines is 1. The van der Waals surface area contributed by atoms with Gasteiger partial charge in [-0.3, -0.25) is 4.79 Å². The number of aryl methyl sites for hydroxylation is 1. The van der Waals surface area contributed by atoms with E-state index in [0.717, 1.165) is 36.3 Å². The molecule has 37 heavy (non-hydrogen) atoms. The molecule has 192 valence electrons. The Hall–Kier alpha value is -2.83. The van der Waals surface area contributed by atoms with Crippen molar-refractivity contribution in [3.05, 3.63) is 69.5 Å². The number of carboxylic acid groups (broad SMARTS) is 1. The van der Waals surface area contributed by atoms with Crippen LogP contribution in [0.3, 0.4) is 0 Å². The lowest BCUT2D eigenvalue weighted by atomic mass is 9.48. The van der Waals surface area contributed by atoms with Gasteiger partial charge in [0.15, 0.2) is 0 Å². The molecule has 0 aliphatic heterocycles. The molecule has 0 atom stereocenters. The maximum Gasteiger partial charge on any atom is 0.335 e. The van der Waals surface area contributed by atoms with Gasteiger partial charge in [0.1, 0.15) is 11.5 Å². The minimum Gasteiger partial charge on any atom is -0.478 e. The van der Waals surface area contributed by atoms with Crippen LogP contribution in [0.1, 0.15) is 71.5 Å². The number of aromatic nitrogens is 2. The molecule has 0 spiro atoms. The van der Waals surface area contributed by atoms with Crippen LogP contribution in [0.2, 0.25) is 10.0 Å². The second kappa shape index (κ2) is 9.48. The minimum atomic E-state index is -1.05. The molecule has 0 unspecified atom stereocenters. The summed E-state index contributed by atoms with van der Waals surface area (Å²) in [5.74, 6) is 1.64. The van der Waals surface area contributed by atoms with E-state index in [1.807, 2.05) is 6.07 Å². The molecule has 4 bridgehead atoms. The zero-order valence-corrected chi connectivity index (χ0v) is 21.9. The van der Waals surface area contributed by atoms with Crippen molar-refractivity contribution in [2.24, 2.45) is 23.2 Å². The van der Waals surface area contributed by atoms with Gasteiger partial charge in [0.25, 0.3) is 5.91 Å². The average Bonchev–Trinajstić information content (AvgIpc) is 3.28. The van der Waals surface area contributed by atoms with E-state index in [4.69, 9.17) is 23.2 Å². The summed E-state index contributed by atoms with van der Waals surface area (Å²) in [7, 11) is 0. The van der Waals surface area contributed by atoms with Gasteiger partial charge in [-0.15, -0.1) is 0 Å². The lowest BCUT2D eigenvalue weighted by Crippen LogP contribution is -2.46.